The SMILES string of the molecule is O=S(=O)(CCO)c1ccc(CNC2CCC3CCC2C3)cc1. The highest BCUT2D eigenvalue weighted by Crippen LogP contribution is 2.42. The van der Waals surface area contributed by atoms with Crippen molar-refractivity contribution in [3.05, 3.63) is 29.8 Å². The van der Waals surface area contributed by atoms with Gasteiger partial charge in [0.15, 0.2) is 9.84 Å². The molecule has 122 valence electrons. The Hall–Kier alpha value is -0.910. The molecule has 0 amide bonds. The largest absolute Gasteiger partial charge is 0.395 e. The lowest BCUT2D eigenvalue weighted by molar-refractivity contribution is 0.268. The number of benzene rings is 1. The van der Waals surface area contributed by atoms with Crippen LogP contribution in [0.2, 0.25) is 0 Å². The van der Waals surface area contributed by atoms with Crippen molar-refractivity contribution in [1.82, 2.24) is 5.32 Å². The van der Waals surface area contributed by atoms with Gasteiger partial charge in [-0.15, -0.1) is 0 Å². The zero-order chi connectivity index (χ0) is 15.6. The van der Waals surface area contributed by atoms with Gasteiger partial charge in [0.25, 0.3) is 0 Å². The van der Waals surface area contributed by atoms with Crippen LogP contribution in [0.3, 0.4) is 0 Å². The predicted octanol–water partition coefficient (Wildman–Crippen LogP) is 2.12. The molecule has 0 aromatic heterocycles. The average molecular weight is 323 g/mol. The summed E-state index contributed by atoms with van der Waals surface area (Å²) in [4.78, 5) is 0.293. The third-order valence-corrected chi connectivity index (χ3v) is 6.96. The zero-order valence-corrected chi connectivity index (χ0v) is 13.7. The van der Waals surface area contributed by atoms with Gasteiger partial charge < -0.3 is 10.4 Å². The maximum atomic E-state index is 11.9. The Morgan fingerprint density at radius 3 is 2.55 bits per heavy atom. The van der Waals surface area contributed by atoms with Gasteiger partial charge in [0.2, 0.25) is 0 Å². The molecule has 0 spiro atoms. The first-order chi connectivity index (χ1) is 10.6. The summed E-state index contributed by atoms with van der Waals surface area (Å²) in [6.45, 7) is 0.460. The van der Waals surface area contributed by atoms with E-state index in [1.54, 1.807) is 12.1 Å². The van der Waals surface area contributed by atoms with Gasteiger partial charge in [0, 0.05) is 12.6 Å². The molecule has 2 saturated carbocycles. The minimum absolute atomic E-state index is 0.213. The lowest BCUT2D eigenvalue weighted by Crippen LogP contribution is -2.37. The van der Waals surface area contributed by atoms with Crippen LogP contribution in [-0.2, 0) is 16.4 Å². The second-order valence-electron chi connectivity index (χ2n) is 6.69. The van der Waals surface area contributed by atoms with Crippen LogP contribution >= 0.6 is 0 Å². The van der Waals surface area contributed by atoms with Gasteiger partial charge in [-0.2, -0.15) is 0 Å². The van der Waals surface area contributed by atoms with Crippen molar-refractivity contribution in [2.75, 3.05) is 12.4 Å². The van der Waals surface area contributed by atoms with Gasteiger partial charge in [-0.3, -0.25) is 0 Å². The summed E-state index contributed by atoms with van der Waals surface area (Å²) in [6.07, 6.45) is 6.78. The van der Waals surface area contributed by atoms with E-state index in [9.17, 15) is 8.42 Å². The summed E-state index contributed by atoms with van der Waals surface area (Å²) < 4.78 is 23.7. The molecule has 3 unspecified atom stereocenters. The molecule has 22 heavy (non-hydrogen) atoms. The topological polar surface area (TPSA) is 66.4 Å². The van der Waals surface area contributed by atoms with E-state index in [0.29, 0.717) is 10.9 Å². The van der Waals surface area contributed by atoms with E-state index in [4.69, 9.17) is 5.11 Å². The third-order valence-electron chi connectivity index (χ3n) is 5.25. The van der Waals surface area contributed by atoms with Crippen molar-refractivity contribution in [2.45, 2.75) is 49.6 Å². The first kappa shape index (κ1) is 16.0. The van der Waals surface area contributed by atoms with E-state index in [0.717, 1.165) is 23.9 Å². The third kappa shape index (κ3) is 3.53. The molecule has 0 aliphatic heterocycles. The zero-order valence-electron chi connectivity index (χ0n) is 12.9. The molecule has 2 N–H and O–H groups in total. The number of rotatable bonds is 6. The smallest absolute Gasteiger partial charge is 0.180 e. The average Bonchev–Trinajstić information content (AvgIpc) is 2.89. The van der Waals surface area contributed by atoms with E-state index in [1.165, 1.54) is 32.1 Å². The molecule has 0 radical (unpaired) electrons. The molecular formula is C17H25NO3S. The summed E-state index contributed by atoms with van der Waals surface area (Å²) in [5.41, 5.74) is 1.11. The highest BCUT2D eigenvalue weighted by Gasteiger charge is 2.35. The Morgan fingerprint density at radius 1 is 1.09 bits per heavy atom. The number of hydrogen-bond donors (Lipinski definition) is 2. The Balaban J connectivity index is 1.57. The lowest BCUT2D eigenvalue weighted by Gasteiger charge is -2.29. The van der Waals surface area contributed by atoms with Gasteiger partial charge in [-0.1, -0.05) is 18.6 Å². The van der Waals surface area contributed by atoms with Gasteiger partial charge in [0.1, 0.15) is 0 Å². The molecule has 3 rings (SSSR count). The second-order valence-corrected chi connectivity index (χ2v) is 8.80. The van der Waals surface area contributed by atoms with Crippen molar-refractivity contribution in [3.63, 3.8) is 0 Å². The molecular weight excluding hydrogens is 298 g/mol. The van der Waals surface area contributed by atoms with Crippen molar-refractivity contribution in [1.29, 1.82) is 0 Å². The number of hydrogen-bond acceptors (Lipinski definition) is 4. The minimum atomic E-state index is -3.34. The van der Waals surface area contributed by atoms with Crippen LogP contribution in [0.1, 0.15) is 37.7 Å². The first-order valence-corrected chi connectivity index (χ1v) is 9.89. The van der Waals surface area contributed by atoms with Crippen LogP contribution in [-0.4, -0.2) is 31.9 Å². The van der Waals surface area contributed by atoms with Crippen LogP contribution in [0.15, 0.2) is 29.2 Å². The van der Waals surface area contributed by atoms with Gasteiger partial charge >= 0.3 is 0 Å². The van der Waals surface area contributed by atoms with Crippen molar-refractivity contribution < 1.29 is 13.5 Å². The Kier molecular flexibility index (Phi) is 4.85. The molecule has 0 saturated heterocycles. The van der Waals surface area contributed by atoms with E-state index < -0.39 is 9.84 Å². The summed E-state index contributed by atoms with van der Waals surface area (Å²) in [5.74, 6) is 1.59. The van der Waals surface area contributed by atoms with Gasteiger partial charge in [-0.25, -0.2) is 8.42 Å². The standard InChI is InChI=1S/C17H25NO3S/c19-9-10-22(20,21)16-6-2-14(3-7-16)12-18-17-8-4-13-1-5-15(17)11-13/h2-3,6-7,13,15,17-19H,1,4-5,8-12H2. The molecule has 2 bridgehead atoms. The quantitative estimate of drug-likeness (QED) is 0.841. The van der Waals surface area contributed by atoms with E-state index in [-0.39, 0.29) is 12.4 Å². The van der Waals surface area contributed by atoms with Crippen LogP contribution in [0.25, 0.3) is 0 Å². The predicted molar refractivity (Wildman–Crippen MR) is 86.3 cm³/mol. The summed E-state index contributed by atoms with van der Waals surface area (Å²) in [5, 5.41) is 12.5. The molecule has 0 heterocycles. The summed E-state index contributed by atoms with van der Waals surface area (Å²) in [7, 11) is -3.34. The van der Waals surface area contributed by atoms with Gasteiger partial charge in [0.05, 0.1) is 17.3 Å². The van der Waals surface area contributed by atoms with Crippen LogP contribution in [0, 0.1) is 11.8 Å². The van der Waals surface area contributed by atoms with E-state index in [2.05, 4.69) is 5.32 Å². The normalized spacial score (nSPS) is 28.0. The molecule has 2 aliphatic carbocycles. The Bertz CT molecular complexity index is 597. The molecule has 3 atom stereocenters. The summed E-state index contributed by atoms with van der Waals surface area (Å²) >= 11 is 0. The fourth-order valence-electron chi connectivity index (χ4n) is 3.96. The molecule has 5 heteroatoms. The molecule has 2 fully saturated rings. The summed E-state index contributed by atoms with van der Waals surface area (Å²) in [6, 6.07) is 7.66. The molecule has 1 aromatic rings. The van der Waals surface area contributed by atoms with E-state index in [1.807, 2.05) is 12.1 Å². The molecule has 2 aliphatic rings. The molecule has 4 nitrogen and oxygen atoms in total. The maximum Gasteiger partial charge on any atom is 0.180 e. The van der Waals surface area contributed by atoms with Crippen molar-refractivity contribution in [2.24, 2.45) is 11.8 Å². The number of nitrogens with one attached hydrogen (secondary N) is 1. The maximum absolute atomic E-state index is 11.9. The highest BCUT2D eigenvalue weighted by molar-refractivity contribution is 7.91. The fraction of sp³-hybridized carbons (Fsp3) is 0.647. The Labute approximate surface area is 132 Å². The Morgan fingerprint density at radius 2 is 1.82 bits per heavy atom. The van der Waals surface area contributed by atoms with Crippen LogP contribution in [0.4, 0.5) is 0 Å². The van der Waals surface area contributed by atoms with Crippen molar-refractivity contribution >= 4 is 9.84 Å². The number of aliphatic hydroxyl groups excluding tert-OH is 1. The fourth-order valence-corrected chi connectivity index (χ4v) is 4.99. The second kappa shape index (κ2) is 6.69. The van der Waals surface area contributed by atoms with Crippen LogP contribution < -0.4 is 5.32 Å². The number of sulfone groups is 1. The van der Waals surface area contributed by atoms with Crippen molar-refractivity contribution in [3.8, 4) is 0 Å². The monoisotopic (exact) mass is 323 g/mol. The lowest BCUT2D eigenvalue weighted by atomic mass is 9.85. The first-order valence-electron chi connectivity index (χ1n) is 8.24. The van der Waals surface area contributed by atoms with Gasteiger partial charge in [-0.05, 0) is 55.2 Å². The number of fused-ring (bicyclic) bond motifs is 2. The number of aliphatic hydroxyl groups is 1. The minimum Gasteiger partial charge on any atom is -0.395 e. The van der Waals surface area contributed by atoms with E-state index >= 15 is 0 Å². The highest BCUT2D eigenvalue weighted by atomic mass is 32.2. The van der Waals surface area contributed by atoms with Crippen LogP contribution in [0.5, 0.6) is 0 Å². The molecule has 1 aromatic carbocycles.